The van der Waals surface area contributed by atoms with E-state index in [0.29, 0.717) is 0 Å². The average molecular weight is 459 g/mol. The molecule has 24 heavy (non-hydrogen) atoms. The molecule has 10 heteroatoms. The van der Waals surface area contributed by atoms with Gasteiger partial charge in [0.2, 0.25) is 5.91 Å². The summed E-state index contributed by atoms with van der Waals surface area (Å²) in [6.45, 7) is 3.34. The van der Waals surface area contributed by atoms with Gasteiger partial charge in [0.15, 0.2) is 7.59 Å². The molecule has 0 spiro atoms. The van der Waals surface area contributed by atoms with Gasteiger partial charge in [-0.05, 0) is 12.5 Å². The minimum Gasteiger partial charge on any atom is -0.328 e. The molecule has 0 N–H and O–H groups in total. The molecule has 0 bridgehead atoms. The Morgan fingerprint density at radius 1 is 1.04 bits per heavy atom. The SMILES string of the molecule is C[C@H](C[C@H]1C(=O)N(C)/C(=C\[C@H](C)C(Cl)(Cl)Cl)C(=O)N1C)C(Cl)(Cl)Cl. The summed E-state index contributed by atoms with van der Waals surface area (Å²) in [5, 5.41) is 0. The van der Waals surface area contributed by atoms with E-state index < -0.39 is 25.5 Å². The van der Waals surface area contributed by atoms with Crippen LogP contribution in [0, 0.1) is 11.8 Å². The third-order valence-corrected chi connectivity index (χ3v) is 6.19. The first-order valence-electron chi connectivity index (χ1n) is 7.07. The van der Waals surface area contributed by atoms with Gasteiger partial charge in [0.25, 0.3) is 5.91 Å². The average Bonchev–Trinajstić information content (AvgIpc) is 2.43. The standard InChI is InChI=1S/C14H18Cl6N2O2/c1-7(13(15,16)17)5-9-11(23)22(4)10(12(24)21(9)3)6-8(2)14(18,19)20/h5,7-8,10H,6H2,1-4H3/b9-5-/t7-,8+,10-/m0/s1. The number of piperazine rings is 1. The summed E-state index contributed by atoms with van der Waals surface area (Å²) < 4.78 is -3.11. The molecule has 138 valence electrons. The second-order valence-corrected chi connectivity index (χ2v) is 10.6. The first-order valence-corrected chi connectivity index (χ1v) is 9.34. The highest BCUT2D eigenvalue weighted by molar-refractivity contribution is 6.68. The van der Waals surface area contributed by atoms with Crippen molar-refractivity contribution in [3.8, 4) is 0 Å². The molecule has 3 atom stereocenters. The number of allylic oxidation sites excluding steroid dienone is 1. The molecule has 0 radical (unpaired) electrons. The molecule has 0 aliphatic carbocycles. The number of hydrogen-bond acceptors (Lipinski definition) is 2. The fourth-order valence-corrected chi connectivity index (χ4v) is 2.67. The van der Waals surface area contributed by atoms with E-state index in [0.717, 1.165) is 0 Å². The largest absolute Gasteiger partial charge is 0.328 e. The van der Waals surface area contributed by atoms with Crippen LogP contribution in [0.2, 0.25) is 0 Å². The van der Waals surface area contributed by atoms with E-state index in [4.69, 9.17) is 69.6 Å². The molecular formula is C14H18Cl6N2O2. The van der Waals surface area contributed by atoms with Crippen LogP contribution >= 0.6 is 69.6 Å². The van der Waals surface area contributed by atoms with Gasteiger partial charge in [-0.15, -0.1) is 0 Å². The lowest BCUT2D eigenvalue weighted by Gasteiger charge is -2.40. The summed E-state index contributed by atoms with van der Waals surface area (Å²) in [7, 11) is 3.02. The molecule has 0 aromatic carbocycles. The number of rotatable bonds is 3. The second-order valence-electron chi connectivity index (χ2n) is 5.89. The van der Waals surface area contributed by atoms with Crippen molar-refractivity contribution in [3.63, 3.8) is 0 Å². The molecule has 1 heterocycles. The van der Waals surface area contributed by atoms with Crippen molar-refractivity contribution in [1.82, 2.24) is 9.80 Å². The first-order chi connectivity index (χ1) is 10.7. The quantitative estimate of drug-likeness (QED) is 0.459. The van der Waals surface area contributed by atoms with Gasteiger partial charge in [-0.25, -0.2) is 0 Å². The van der Waals surface area contributed by atoms with Crippen LogP contribution < -0.4 is 0 Å². The molecule has 2 amide bonds. The first kappa shape index (κ1) is 22.5. The highest BCUT2D eigenvalue weighted by Crippen LogP contribution is 2.39. The van der Waals surface area contributed by atoms with Crippen molar-refractivity contribution >= 4 is 81.4 Å². The molecule has 1 aliphatic rings. The molecule has 1 rings (SSSR count). The van der Waals surface area contributed by atoms with Crippen LogP contribution in [0.1, 0.15) is 20.3 Å². The van der Waals surface area contributed by atoms with E-state index >= 15 is 0 Å². The van der Waals surface area contributed by atoms with E-state index in [9.17, 15) is 9.59 Å². The van der Waals surface area contributed by atoms with E-state index in [-0.39, 0.29) is 23.9 Å². The van der Waals surface area contributed by atoms with Crippen LogP contribution in [0.3, 0.4) is 0 Å². The maximum Gasteiger partial charge on any atom is 0.270 e. The van der Waals surface area contributed by atoms with Gasteiger partial charge in [0, 0.05) is 25.9 Å². The van der Waals surface area contributed by atoms with E-state index in [2.05, 4.69) is 0 Å². The number of amides is 2. The predicted molar refractivity (Wildman–Crippen MR) is 101 cm³/mol. The number of nitrogens with zero attached hydrogens (tertiary/aromatic N) is 2. The summed E-state index contributed by atoms with van der Waals surface area (Å²) in [6.07, 6.45) is 1.69. The van der Waals surface area contributed by atoms with Crippen molar-refractivity contribution in [2.45, 2.75) is 33.9 Å². The van der Waals surface area contributed by atoms with E-state index in [1.807, 2.05) is 0 Å². The third-order valence-electron chi connectivity index (χ3n) is 4.04. The van der Waals surface area contributed by atoms with Crippen LogP contribution in [-0.4, -0.2) is 49.3 Å². The maximum atomic E-state index is 12.6. The van der Waals surface area contributed by atoms with Gasteiger partial charge in [-0.1, -0.05) is 83.5 Å². The zero-order valence-corrected chi connectivity index (χ0v) is 18.0. The lowest BCUT2D eigenvalue weighted by molar-refractivity contribution is -0.149. The Bertz CT molecular complexity index is 540. The predicted octanol–water partition coefficient (Wildman–Crippen LogP) is 4.57. The number of hydrogen-bond donors (Lipinski definition) is 0. The summed E-state index contributed by atoms with van der Waals surface area (Å²) in [4.78, 5) is 27.8. The summed E-state index contributed by atoms with van der Waals surface area (Å²) in [6, 6.07) is -0.728. The monoisotopic (exact) mass is 456 g/mol. The van der Waals surface area contributed by atoms with E-state index in [1.54, 1.807) is 13.8 Å². The van der Waals surface area contributed by atoms with Gasteiger partial charge in [-0.2, -0.15) is 0 Å². The van der Waals surface area contributed by atoms with Gasteiger partial charge in [0.05, 0.1) is 0 Å². The fraction of sp³-hybridized carbons (Fsp3) is 0.714. The van der Waals surface area contributed by atoms with Gasteiger partial charge in [-0.3, -0.25) is 9.59 Å². The van der Waals surface area contributed by atoms with Crippen molar-refractivity contribution in [2.24, 2.45) is 11.8 Å². The zero-order valence-electron chi connectivity index (χ0n) is 13.5. The Morgan fingerprint density at radius 2 is 1.54 bits per heavy atom. The molecule has 0 saturated carbocycles. The number of carbonyl (C=O) groups is 2. The van der Waals surface area contributed by atoms with Crippen molar-refractivity contribution in [1.29, 1.82) is 0 Å². The lowest BCUT2D eigenvalue weighted by atomic mass is 9.97. The smallest absolute Gasteiger partial charge is 0.270 e. The number of halogens is 6. The molecule has 0 unspecified atom stereocenters. The van der Waals surface area contributed by atoms with Crippen LogP contribution in [0.4, 0.5) is 0 Å². The second kappa shape index (κ2) is 7.98. The normalized spacial score (nSPS) is 24.6. The summed E-state index contributed by atoms with van der Waals surface area (Å²) in [5.41, 5.74) is 0.152. The molecule has 0 aromatic rings. The highest BCUT2D eigenvalue weighted by atomic mass is 35.6. The Kier molecular flexibility index (Phi) is 7.46. The Balaban J connectivity index is 3.09. The van der Waals surface area contributed by atoms with E-state index in [1.165, 1.54) is 30.0 Å². The van der Waals surface area contributed by atoms with Gasteiger partial charge >= 0.3 is 0 Å². The summed E-state index contributed by atoms with van der Waals surface area (Å²) in [5.74, 6) is -1.65. The zero-order chi connectivity index (χ0) is 19.0. The molecule has 0 aromatic heterocycles. The van der Waals surface area contributed by atoms with Gasteiger partial charge < -0.3 is 9.80 Å². The number of alkyl halides is 6. The van der Waals surface area contributed by atoms with Crippen LogP contribution in [0.15, 0.2) is 11.8 Å². The van der Waals surface area contributed by atoms with Crippen LogP contribution in [-0.2, 0) is 9.59 Å². The molecular weight excluding hydrogens is 441 g/mol. The highest BCUT2D eigenvalue weighted by Gasteiger charge is 2.43. The van der Waals surface area contributed by atoms with Crippen molar-refractivity contribution in [3.05, 3.63) is 11.8 Å². The minimum atomic E-state index is -1.59. The molecule has 4 nitrogen and oxygen atoms in total. The topological polar surface area (TPSA) is 40.6 Å². The fourth-order valence-electron chi connectivity index (χ4n) is 2.22. The van der Waals surface area contributed by atoms with Crippen LogP contribution in [0.5, 0.6) is 0 Å². The Morgan fingerprint density at radius 3 is 1.96 bits per heavy atom. The Labute approximate surface area is 171 Å². The molecule has 1 aliphatic heterocycles. The van der Waals surface area contributed by atoms with Crippen molar-refractivity contribution < 1.29 is 9.59 Å². The van der Waals surface area contributed by atoms with Gasteiger partial charge in [0.1, 0.15) is 11.7 Å². The Hall–Kier alpha value is 0.420. The summed E-state index contributed by atoms with van der Waals surface area (Å²) >= 11 is 35.1. The van der Waals surface area contributed by atoms with Crippen LogP contribution in [0.25, 0.3) is 0 Å². The van der Waals surface area contributed by atoms with Crippen molar-refractivity contribution in [2.75, 3.05) is 14.1 Å². The number of likely N-dealkylation sites (N-methyl/N-ethyl adjacent to an activating group) is 2. The lowest BCUT2D eigenvalue weighted by Crippen LogP contribution is -2.56. The minimum absolute atomic E-state index is 0.152. The third kappa shape index (κ3) is 5.21. The number of carbonyl (C=O) groups excluding carboxylic acids is 2. The molecule has 1 saturated heterocycles. The maximum absolute atomic E-state index is 12.6. The molecule has 1 fully saturated rings.